The minimum Gasteiger partial charge on any atom is -0.357 e. The summed E-state index contributed by atoms with van der Waals surface area (Å²) in [7, 11) is 0. The van der Waals surface area contributed by atoms with Crippen LogP contribution in [0.2, 0.25) is 0 Å². The number of hydrogen-bond donors (Lipinski definition) is 1. The van der Waals surface area contributed by atoms with Crippen molar-refractivity contribution in [2.24, 2.45) is 0 Å². The molecule has 0 fully saturated rings. The maximum absolute atomic E-state index is 3.78. The number of aromatic nitrogens is 1. The predicted octanol–water partition coefficient (Wildman–Crippen LogP) is 9.41. The van der Waals surface area contributed by atoms with E-state index >= 15 is 0 Å². The van der Waals surface area contributed by atoms with Crippen molar-refractivity contribution in [2.75, 3.05) is 0 Å². The smallest absolute Gasteiger partial charge is 0.0462 e. The molecule has 8 rings (SSSR count). The van der Waals surface area contributed by atoms with E-state index in [-0.39, 0.29) is 0 Å². The Hall–Kier alpha value is -3.84. The van der Waals surface area contributed by atoms with Gasteiger partial charge in [-0.05, 0) is 89.2 Å². The molecular formula is C36H31N. The first-order valence-corrected chi connectivity index (χ1v) is 13.9. The van der Waals surface area contributed by atoms with Gasteiger partial charge in [0, 0.05) is 34.0 Å². The van der Waals surface area contributed by atoms with E-state index in [1.807, 2.05) is 0 Å². The van der Waals surface area contributed by atoms with Gasteiger partial charge in [-0.2, -0.15) is 0 Å². The van der Waals surface area contributed by atoms with Crippen LogP contribution in [-0.4, -0.2) is 4.98 Å². The summed E-state index contributed by atoms with van der Waals surface area (Å²) in [6.45, 7) is 0. The third kappa shape index (κ3) is 3.30. The summed E-state index contributed by atoms with van der Waals surface area (Å²) in [5.41, 5.74) is 13.2. The van der Waals surface area contributed by atoms with Crippen molar-refractivity contribution in [3.05, 3.63) is 124 Å². The molecule has 37 heavy (non-hydrogen) atoms. The molecule has 0 radical (unpaired) electrons. The zero-order valence-electron chi connectivity index (χ0n) is 21.1. The highest BCUT2D eigenvalue weighted by molar-refractivity contribution is 6.00. The molecule has 1 nitrogen and oxygen atoms in total. The Morgan fingerprint density at radius 2 is 1.51 bits per heavy atom. The van der Waals surface area contributed by atoms with Gasteiger partial charge in [-0.3, -0.25) is 0 Å². The van der Waals surface area contributed by atoms with E-state index in [1.165, 1.54) is 75.3 Å². The first-order chi connectivity index (χ1) is 18.3. The fraction of sp³-hybridized carbons (Fsp3) is 0.222. The SMILES string of the molecule is C1=CC(c2ccc3c4c(c5c(c3c2)C=CCC5)CCC=C4)CC(C2CC=Cc3c2[nH]c2ccccc32)=C1. The van der Waals surface area contributed by atoms with Gasteiger partial charge in [0.2, 0.25) is 0 Å². The van der Waals surface area contributed by atoms with E-state index in [9.17, 15) is 0 Å². The number of rotatable bonds is 2. The standard InChI is InChI=1S/C36H31N/c1-2-13-29-27(11-1)28-12-3-4-14-30(28)34-22-24(19-20-31(29)34)23-9-7-10-25(21-23)26-16-8-17-33-32-15-5-6-18-35(32)37-36(26)33/h2,4-10,13-15,17-20,22-23,26,37H,1,3,11-12,16,21H2. The monoisotopic (exact) mass is 477 g/mol. The first kappa shape index (κ1) is 21.3. The molecular weight excluding hydrogens is 446 g/mol. The highest BCUT2D eigenvalue weighted by Gasteiger charge is 2.27. The van der Waals surface area contributed by atoms with E-state index in [2.05, 4.69) is 102 Å². The molecule has 1 aromatic heterocycles. The summed E-state index contributed by atoms with van der Waals surface area (Å²) >= 11 is 0. The van der Waals surface area contributed by atoms with E-state index in [4.69, 9.17) is 0 Å². The van der Waals surface area contributed by atoms with Crippen LogP contribution in [0.25, 0.3) is 39.9 Å². The maximum atomic E-state index is 3.78. The molecule has 1 N–H and O–H groups in total. The lowest BCUT2D eigenvalue weighted by Crippen LogP contribution is -2.12. The molecule has 0 spiro atoms. The maximum Gasteiger partial charge on any atom is 0.0462 e. The van der Waals surface area contributed by atoms with E-state index in [0.717, 1.165) is 12.8 Å². The second-order valence-corrected chi connectivity index (χ2v) is 11.1. The quantitative estimate of drug-likeness (QED) is 0.296. The van der Waals surface area contributed by atoms with Gasteiger partial charge in [-0.1, -0.05) is 90.6 Å². The Balaban J connectivity index is 1.18. The summed E-state index contributed by atoms with van der Waals surface area (Å²) in [6.07, 6.45) is 28.1. The van der Waals surface area contributed by atoms with Gasteiger partial charge in [-0.15, -0.1) is 0 Å². The number of nitrogens with one attached hydrogen (secondary N) is 1. The van der Waals surface area contributed by atoms with E-state index in [1.54, 1.807) is 16.7 Å². The van der Waals surface area contributed by atoms with Crippen LogP contribution in [0.4, 0.5) is 0 Å². The van der Waals surface area contributed by atoms with Crippen LogP contribution >= 0.6 is 0 Å². The van der Waals surface area contributed by atoms with Crippen molar-refractivity contribution in [1.82, 2.24) is 4.98 Å². The lowest BCUT2D eigenvalue weighted by atomic mass is 9.77. The topological polar surface area (TPSA) is 15.8 Å². The van der Waals surface area contributed by atoms with Gasteiger partial charge in [-0.25, -0.2) is 0 Å². The Labute approximate surface area is 218 Å². The molecule has 1 heterocycles. The van der Waals surface area contributed by atoms with Crippen molar-refractivity contribution in [3.8, 4) is 0 Å². The number of para-hydroxylation sites is 1. The normalized spacial score (nSPS) is 21.7. The third-order valence-electron chi connectivity index (χ3n) is 9.10. The summed E-state index contributed by atoms with van der Waals surface area (Å²) in [5, 5.41) is 4.21. The minimum atomic E-state index is 0.415. The van der Waals surface area contributed by atoms with Crippen LogP contribution in [0.15, 0.2) is 84.5 Å². The van der Waals surface area contributed by atoms with Gasteiger partial charge >= 0.3 is 0 Å². The molecule has 0 aliphatic heterocycles. The van der Waals surface area contributed by atoms with Gasteiger partial charge in [0.25, 0.3) is 0 Å². The molecule has 2 atom stereocenters. The molecule has 4 aromatic rings. The van der Waals surface area contributed by atoms with Crippen molar-refractivity contribution >= 4 is 39.9 Å². The number of allylic oxidation sites excluding steroid dienone is 7. The number of H-pyrrole nitrogens is 1. The molecule has 4 aliphatic rings. The second-order valence-electron chi connectivity index (χ2n) is 11.1. The van der Waals surface area contributed by atoms with Crippen LogP contribution < -0.4 is 0 Å². The van der Waals surface area contributed by atoms with Crippen LogP contribution in [0.3, 0.4) is 0 Å². The number of benzene rings is 3. The highest BCUT2D eigenvalue weighted by Crippen LogP contribution is 2.44. The van der Waals surface area contributed by atoms with Crippen molar-refractivity contribution < 1.29 is 0 Å². The summed E-state index contributed by atoms with van der Waals surface area (Å²) in [4.78, 5) is 3.78. The second kappa shape index (κ2) is 8.35. The average Bonchev–Trinajstić information content (AvgIpc) is 3.36. The number of fused-ring (bicyclic) bond motifs is 9. The third-order valence-corrected chi connectivity index (χ3v) is 9.10. The molecule has 2 unspecified atom stereocenters. The summed E-state index contributed by atoms with van der Waals surface area (Å²) < 4.78 is 0. The molecule has 1 heteroatoms. The Kier molecular flexibility index (Phi) is 4.80. The fourth-order valence-electron chi connectivity index (χ4n) is 7.32. The molecule has 3 aromatic carbocycles. The Morgan fingerprint density at radius 3 is 2.38 bits per heavy atom. The number of hydrogen-bond acceptors (Lipinski definition) is 0. The van der Waals surface area contributed by atoms with Crippen LogP contribution in [0.5, 0.6) is 0 Å². The van der Waals surface area contributed by atoms with Crippen molar-refractivity contribution in [3.63, 3.8) is 0 Å². The van der Waals surface area contributed by atoms with Gasteiger partial charge in [0.1, 0.15) is 0 Å². The highest BCUT2D eigenvalue weighted by atomic mass is 14.7. The first-order valence-electron chi connectivity index (χ1n) is 13.9. The summed E-state index contributed by atoms with van der Waals surface area (Å²) in [6, 6.07) is 16.0. The lowest BCUT2D eigenvalue weighted by Gasteiger charge is -2.28. The van der Waals surface area contributed by atoms with Crippen molar-refractivity contribution in [1.29, 1.82) is 0 Å². The molecule has 0 saturated carbocycles. The molecule has 0 amide bonds. The molecule has 4 aliphatic carbocycles. The average molecular weight is 478 g/mol. The van der Waals surface area contributed by atoms with Crippen LogP contribution in [-0.2, 0) is 12.8 Å². The van der Waals surface area contributed by atoms with Gasteiger partial charge < -0.3 is 4.98 Å². The van der Waals surface area contributed by atoms with Crippen LogP contribution in [0, 0.1) is 0 Å². The van der Waals surface area contributed by atoms with E-state index in [0.29, 0.717) is 11.8 Å². The number of aromatic amines is 1. The minimum absolute atomic E-state index is 0.415. The predicted molar refractivity (Wildman–Crippen MR) is 158 cm³/mol. The zero-order valence-corrected chi connectivity index (χ0v) is 21.1. The van der Waals surface area contributed by atoms with E-state index < -0.39 is 0 Å². The fourth-order valence-corrected chi connectivity index (χ4v) is 7.32. The van der Waals surface area contributed by atoms with Gasteiger partial charge in [0.05, 0.1) is 0 Å². The molecule has 180 valence electrons. The Bertz CT molecular complexity index is 1730. The Morgan fingerprint density at radius 1 is 0.730 bits per heavy atom. The molecule has 0 saturated heterocycles. The summed E-state index contributed by atoms with van der Waals surface area (Å²) in [5.74, 6) is 0.839. The zero-order chi connectivity index (χ0) is 24.3. The van der Waals surface area contributed by atoms with Crippen molar-refractivity contribution in [2.45, 2.75) is 50.4 Å². The van der Waals surface area contributed by atoms with Crippen LogP contribution in [0.1, 0.15) is 76.6 Å². The lowest BCUT2D eigenvalue weighted by molar-refractivity contribution is 0.687. The molecule has 0 bridgehead atoms. The largest absolute Gasteiger partial charge is 0.357 e. The van der Waals surface area contributed by atoms with Gasteiger partial charge in [0.15, 0.2) is 0 Å².